The minimum absolute atomic E-state index is 0.0629. The van der Waals surface area contributed by atoms with Crippen molar-refractivity contribution in [2.75, 3.05) is 0 Å². The Morgan fingerprint density at radius 1 is 1.27 bits per heavy atom. The third-order valence-corrected chi connectivity index (χ3v) is 3.63. The van der Waals surface area contributed by atoms with Gasteiger partial charge in [-0.3, -0.25) is 0 Å². The summed E-state index contributed by atoms with van der Waals surface area (Å²) in [4.78, 5) is 2.54. The van der Waals surface area contributed by atoms with Crippen molar-refractivity contribution in [2.24, 2.45) is 5.11 Å². The zero-order valence-corrected chi connectivity index (χ0v) is 13.9. The van der Waals surface area contributed by atoms with Crippen molar-refractivity contribution in [2.45, 2.75) is 19.4 Å². The monoisotopic (exact) mass is 346 g/mol. The third kappa shape index (κ3) is 3.39. The second-order valence-corrected chi connectivity index (χ2v) is 5.67. The first kappa shape index (κ1) is 18.3. The van der Waals surface area contributed by atoms with E-state index in [0.29, 0.717) is 11.1 Å². The number of rotatable bonds is 3. The predicted octanol–water partition coefficient (Wildman–Crippen LogP) is 4.71. The summed E-state index contributed by atoms with van der Waals surface area (Å²) in [6.07, 6.45) is 3.13. The fraction of sp³-hybridized carbons (Fsp3) is 0.167. The van der Waals surface area contributed by atoms with Crippen LogP contribution in [0.15, 0.2) is 51.9 Å². The fourth-order valence-corrected chi connectivity index (χ4v) is 2.42. The molecule has 0 unspecified atom stereocenters. The molecule has 1 heterocycles. The number of halogens is 1. The van der Waals surface area contributed by atoms with Crippen LogP contribution in [0.25, 0.3) is 16.5 Å². The highest BCUT2D eigenvalue weighted by Gasteiger charge is 2.38. The molecular weight excluding hydrogens is 335 g/mol. The van der Waals surface area contributed by atoms with Crippen molar-refractivity contribution in [3.05, 3.63) is 68.6 Å². The maximum atomic E-state index is 13.8. The molecule has 0 bridgehead atoms. The zero-order chi connectivity index (χ0) is 19.3. The smallest absolute Gasteiger partial charge is 0.172 e. The highest BCUT2D eigenvalue weighted by molar-refractivity contribution is 5.64. The molecule has 0 spiro atoms. The SMILES string of the molecule is CC1(C)OC(=C(C#N)C#N)C(C#N)=C1/C=C/c1ccc(N=[N+]=[N-])c(F)c1. The van der Waals surface area contributed by atoms with Crippen molar-refractivity contribution in [1.82, 2.24) is 0 Å². The highest BCUT2D eigenvalue weighted by Crippen LogP contribution is 2.40. The first-order valence-electron chi connectivity index (χ1n) is 7.29. The molecule has 0 atom stereocenters. The molecule has 0 aliphatic carbocycles. The number of benzene rings is 1. The van der Waals surface area contributed by atoms with Gasteiger partial charge in [-0.25, -0.2) is 4.39 Å². The van der Waals surface area contributed by atoms with Crippen molar-refractivity contribution in [1.29, 1.82) is 15.8 Å². The van der Waals surface area contributed by atoms with Crippen molar-refractivity contribution >= 4 is 11.8 Å². The van der Waals surface area contributed by atoms with Gasteiger partial charge in [0.05, 0.1) is 5.69 Å². The first-order valence-corrected chi connectivity index (χ1v) is 7.29. The van der Waals surface area contributed by atoms with Gasteiger partial charge in [0.2, 0.25) is 0 Å². The molecule has 0 N–H and O–H groups in total. The number of azide groups is 1. The van der Waals surface area contributed by atoms with Gasteiger partial charge in [0.15, 0.2) is 11.3 Å². The van der Waals surface area contributed by atoms with Gasteiger partial charge >= 0.3 is 0 Å². The average molecular weight is 346 g/mol. The first-order chi connectivity index (χ1) is 12.4. The van der Waals surface area contributed by atoms with Gasteiger partial charge in [-0.15, -0.1) is 0 Å². The van der Waals surface area contributed by atoms with E-state index >= 15 is 0 Å². The molecule has 1 aliphatic heterocycles. The van der Waals surface area contributed by atoms with Crippen LogP contribution in [0.3, 0.4) is 0 Å². The lowest BCUT2D eigenvalue weighted by Crippen LogP contribution is -2.20. The van der Waals surface area contributed by atoms with Crippen molar-refractivity contribution in [3.8, 4) is 18.2 Å². The van der Waals surface area contributed by atoms with Gasteiger partial charge in [0.25, 0.3) is 0 Å². The lowest BCUT2D eigenvalue weighted by atomic mass is 9.94. The molecule has 26 heavy (non-hydrogen) atoms. The molecule has 1 aliphatic rings. The van der Waals surface area contributed by atoms with Gasteiger partial charge in [0, 0.05) is 10.5 Å². The Labute approximate surface area is 148 Å². The maximum absolute atomic E-state index is 13.8. The van der Waals surface area contributed by atoms with Crippen LogP contribution < -0.4 is 0 Å². The Morgan fingerprint density at radius 2 is 1.96 bits per heavy atom. The van der Waals surface area contributed by atoms with Gasteiger partial charge in [-0.05, 0) is 37.1 Å². The van der Waals surface area contributed by atoms with Crippen LogP contribution in [0.4, 0.5) is 10.1 Å². The molecule has 0 saturated carbocycles. The quantitative estimate of drug-likeness (QED) is 0.339. The molecule has 1 aromatic rings. The topological polar surface area (TPSA) is 129 Å². The molecule has 1 aromatic carbocycles. The van der Waals surface area contributed by atoms with Crippen LogP contribution >= 0.6 is 0 Å². The lowest BCUT2D eigenvalue weighted by Gasteiger charge is -2.20. The minimum atomic E-state index is -0.945. The van der Waals surface area contributed by atoms with Crippen LogP contribution in [0.2, 0.25) is 0 Å². The second-order valence-electron chi connectivity index (χ2n) is 5.67. The van der Waals surface area contributed by atoms with Crippen LogP contribution in [0, 0.1) is 39.8 Å². The Hall–Kier alpha value is -4.05. The van der Waals surface area contributed by atoms with Gasteiger partial charge < -0.3 is 4.74 Å². The van der Waals surface area contributed by atoms with E-state index in [-0.39, 0.29) is 22.6 Å². The number of hydrogen-bond acceptors (Lipinski definition) is 5. The molecule has 8 heteroatoms. The zero-order valence-electron chi connectivity index (χ0n) is 13.9. The standard InChI is InChI=1S/C18H11FN6O/c1-18(2)14(13(10-22)17(26-18)12(8-20)9-21)5-3-11-4-6-16(24-25-23)15(19)7-11/h3-7H,1-2H3/b5-3+. The summed E-state index contributed by atoms with van der Waals surface area (Å²) in [5.41, 5.74) is 8.01. The van der Waals surface area contributed by atoms with Crippen LogP contribution in [0.1, 0.15) is 19.4 Å². The summed E-state index contributed by atoms with van der Waals surface area (Å²) in [6.45, 7) is 3.38. The Bertz CT molecular complexity index is 1020. The molecule has 7 nitrogen and oxygen atoms in total. The van der Waals surface area contributed by atoms with Crippen molar-refractivity contribution in [3.63, 3.8) is 0 Å². The Morgan fingerprint density at radius 3 is 2.50 bits per heavy atom. The van der Waals surface area contributed by atoms with Crippen LogP contribution in [-0.4, -0.2) is 5.60 Å². The van der Waals surface area contributed by atoms with Gasteiger partial charge in [-0.1, -0.05) is 23.3 Å². The minimum Gasteiger partial charge on any atom is -0.480 e. The van der Waals surface area contributed by atoms with E-state index in [1.165, 1.54) is 12.1 Å². The summed E-state index contributed by atoms with van der Waals surface area (Å²) in [6, 6.07) is 9.44. The lowest BCUT2D eigenvalue weighted by molar-refractivity contribution is 0.0954. The van der Waals surface area contributed by atoms with E-state index in [0.717, 1.165) is 0 Å². The molecule has 0 saturated heterocycles. The molecule has 2 rings (SSSR count). The van der Waals surface area contributed by atoms with Crippen LogP contribution in [-0.2, 0) is 4.74 Å². The number of hydrogen-bond donors (Lipinski definition) is 0. The van der Waals surface area contributed by atoms with E-state index in [1.54, 1.807) is 44.2 Å². The second kappa shape index (κ2) is 7.23. The Kier molecular flexibility index (Phi) is 5.09. The normalized spacial score (nSPS) is 14.8. The largest absolute Gasteiger partial charge is 0.480 e. The van der Waals surface area contributed by atoms with E-state index < -0.39 is 11.4 Å². The van der Waals surface area contributed by atoms with Crippen LogP contribution in [0.5, 0.6) is 0 Å². The molecule has 0 amide bonds. The summed E-state index contributed by atoms with van der Waals surface area (Å²) >= 11 is 0. The van der Waals surface area contributed by atoms with Crippen molar-refractivity contribution < 1.29 is 9.13 Å². The molecule has 0 fully saturated rings. The summed E-state index contributed by atoms with van der Waals surface area (Å²) in [5, 5.41) is 30.7. The number of ether oxygens (including phenoxy) is 1. The third-order valence-electron chi connectivity index (χ3n) is 3.63. The molecule has 126 valence electrons. The number of allylic oxidation sites excluding steroid dienone is 2. The Balaban J connectivity index is 2.53. The maximum Gasteiger partial charge on any atom is 0.172 e. The summed E-state index contributed by atoms with van der Waals surface area (Å²) in [7, 11) is 0. The summed E-state index contributed by atoms with van der Waals surface area (Å²) in [5.74, 6) is -0.745. The van der Waals surface area contributed by atoms with E-state index in [9.17, 15) is 9.65 Å². The van der Waals surface area contributed by atoms with Gasteiger partial charge in [-0.2, -0.15) is 15.8 Å². The number of nitriles is 3. The van der Waals surface area contributed by atoms with E-state index in [1.807, 2.05) is 6.07 Å². The fourth-order valence-electron chi connectivity index (χ4n) is 2.42. The molecular formula is C18H11FN6O. The summed E-state index contributed by atoms with van der Waals surface area (Å²) < 4.78 is 19.5. The molecule has 0 aromatic heterocycles. The van der Waals surface area contributed by atoms with E-state index in [4.69, 9.17) is 20.8 Å². The highest BCUT2D eigenvalue weighted by atomic mass is 19.1. The number of nitrogens with zero attached hydrogens (tertiary/aromatic N) is 6. The van der Waals surface area contributed by atoms with Gasteiger partial charge in [0.1, 0.15) is 35.2 Å². The predicted molar refractivity (Wildman–Crippen MR) is 90.3 cm³/mol. The van der Waals surface area contributed by atoms with E-state index in [2.05, 4.69) is 10.0 Å². The molecule has 0 radical (unpaired) electrons. The average Bonchev–Trinajstić information content (AvgIpc) is 2.86.